The third kappa shape index (κ3) is 3.87. The van der Waals surface area contributed by atoms with E-state index in [1.165, 1.54) is 11.3 Å². The highest BCUT2D eigenvalue weighted by Crippen LogP contribution is 2.20. The number of carbonyl (C=O) groups excluding carboxylic acids is 1. The van der Waals surface area contributed by atoms with Crippen molar-refractivity contribution in [2.75, 3.05) is 18.2 Å². The van der Waals surface area contributed by atoms with Crippen molar-refractivity contribution in [3.05, 3.63) is 46.2 Å². The monoisotopic (exact) mass is 303 g/mol. The molecule has 0 aliphatic heterocycles. The maximum absolute atomic E-state index is 12.1. The summed E-state index contributed by atoms with van der Waals surface area (Å²) in [5.41, 5.74) is 1.35. The molecule has 20 heavy (non-hydrogen) atoms. The molecule has 0 saturated heterocycles. The highest BCUT2D eigenvalue weighted by Gasteiger charge is 2.08. The third-order valence-corrected chi connectivity index (χ3v) is 4.05. The number of anilines is 1. The van der Waals surface area contributed by atoms with Crippen molar-refractivity contribution in [1.29, 1.82) is 0 Å². The van der Waals surface area contributed by atoms with E-state index in [4.69, 9.17) is 5.11 Å². The van der Waals surface area contributed by atoms with Gasteiger partial charge < -0.3 is 10.4 Å². The van der Waals surface area contributed by atoms with E-state index < -0.39 is 0 Å². The highest BCUT2D eigenvalue weighted by atomic mass is 32.2. The van der Waals surface area contributed by atoms with Crippen LogP contribution in [0.5, 0.6) is 0 Å². The predicted molar refractivity (Wildman–Crippen MR) is 84.5 cm³/mol. The summed E-state index contributed by atoms with van der Waals surface area (Å²) >= 11 is 3.01. The molecule has 0 saturated carbocycles. The van der Waals surface area contributed by atoms with Crippen LogP contribution in [0.2, 0.25) is 0 Å². The molecule has 2 N–H and O–H groups in total. The van der Waals surface area contributed by atoms with Crippen LogP contribution < -0.4 is 5.32 Å². The van der Waals surface area contributed by atoms with Crippen LogP contribution in [0.3, 0.4) is 0 Å². The van der Waals surface area contributed by atoms with E-state index in [1.807, 2.05) is 30.5 Å². The second-order valence-corrected chi connectivity index (χ2v) is 5.64. The van der Waals surface area contributed by atoms with Gasteiger partial charge in [-0.2, -0.15) is 0 Å². The molecule has 5 heteroatoms. The standard InChI is InChI=1S/C15H13NO2S2/c1-19-13-5-2-4-12(9-13)16-15(18)11-8-14(20-10-11)6-3-7-17/h2,4-5,8-10,17H,7H2,1H3,(H,16,18). The van der Waals surface area contributed by atoms with E-state index in [2.05, 4.69) is 17.2 Å². The summed E-state index contributed by atoms with van der Waals surface area (Å²) in [7, 11) is 0. The summed E-state index contributed by atoms with van der Waals surface area (Å²) in [4.78, 5) is 14.0. The lowest BCUT2D eigenvalue weighted by Gasteiger charge is -2.05. The first kappa shape index (κ1) is 14.7. The van der Waals surface area contributed by atoms with Crippen LogP contribution in [0.4, 0.5) is 5.69 Å². The summed E-state index contributed by atoms with van der Waals surface area (Å²) in [5.74, 6) is 5.19. The summed E-state index contributed by atoms with van der Waals surface area (Å²) in [6.07, 6.45) is 1.99. The van der Waals surface area contributed by atoms with E-state index in [-0.39, 0.29) is 12.5 Å². The third-order valence-electron chi connectivity index (χ3n) is 2.48. The number of aliphatic hydroxyl groups is 1. The Morgan fingerprint density at radius 3 is 3.05 bits per heavy atom. The predicted octanol–water partition coefficient (Wildman–Crippen LogP) is 3.07. The molecule has 0 spiro atoms. The molecule has 1 heterocycles. The Balaban J connectivity index is 2.09. The molecule has 0 bridgehead atoms. The molecule has 1 aromatic heterocycles. The van der Waals surface area contributed by atoms with Gasteiger partial charge in [-0.05, 0) is 30.5 Å². The summed E-state index contributed by atoms with van der Waals surface area (Å²) < 4.78 is 0. The van der Waals surface area contributed by atoms with Crippen molar-refractivity contribution in [3.8, 4) is 11.8 Å². The van der Waals surface area contributed by atoms with E-state index in [0.717, 1.165) is 15.5 Å². The van der Waals surface area contributed by atoms with Crippen molar-refractivity contribution >= 4 is 34.7 Å². The zero-order chi connectivity index (χ0) is 14.4. The zero-order valence-corrected chi connectivity index (χ0v) is 12.5. The van der Waals surface area contributed by atoms with Gasteiger partial charge in [0.15, 0.2) is 0 Å². The van der Waals surface area contributed by atoms with Gasteiger partial charge in [-0.25, -0.2) is 0 Å². The fraction of sp³-hybridized carbons (Fsp3) is 0.133. The van der Waals surface area contributed by atoms with Crippen molar-refractivity contribution in [2.24, 2.45) is 0 Å². The van der Waals surface area contributed by atoms with Crippen LogP contribution >= 0.6 is 23.1 Å². The van der Waals surface area contributed by atoms with Gasteiger partial charge in [0.25, 0.3) is 5.91 Å². The Morgan fingerprint density at radius 2 is 2.30 bits per heavy atom. The molecule has 0 aliphatic carbocycles. The molecule has 2 aromatic rings. The minimum Gasteiger partial charge on any atom is -0.384 e. The molecule has 0 fully saturated rings. The Bertz CT molecular complexity index is 668. The van der Waals surface area contributed by atoms with Crippen LogP contribution in [-0.4, -0.2) is 23.9 Å². The number of carbonyl (C=O) groups is 1. The molecule has 3 nitrogen and oxygen atoms in total. The quantitative estimate of drug-likeness (QED) is 0.677. The number of thioether (sulfide) groups is 1. The Labute approximate surface area is 126 Å². The number of nitrogens with one attached hydrogen (secondary N) is 1. The molecule has 0 radical (unpaired) electrons. The fourth-order valence-electron chi connectivity index (χ4n) is 1.55. The highest BCUT2D eigenvalue weighted by molar-refractivity contribution is 7.98. The van der Waals surface area contributed by atoms with Gasteiger partial charge in [0.2, 0.25) is 0 Å². The molecule has 0 aliphatic rings. The number of hydrogen-bond acceptors (Lipinski definition) is 4. The average molecular weight is 303 g/mol. The molecule has 102 valence electrons. The van der Waals surface area contributed by atoms with Crippen molar-refractivity contribution < 1.29 is 9.90 Å². The normalized spacial score (nSPS) is 9.70. The Kier molecular flexibility index (Phi) is 5.24. The second-order valence-electron chi connectivity index (χ2n) is 3.85. The number of rotatable bonds is 3. The first-order valence-corrected chi connectivity index (χ1v) is 7.97. The van der Waals surface area contributed by atoms with Gasteiger partial charge in [0.05, 0.1) is 10.4 Å². The Hall–Kier alpha value is -1.74. The van der Waals surface area contributed by atoms with Gasteiger partial charge in [0.1, 0.15) is 6.61 Å². The molecule has 1 amide bonds. The molecule has 1 aromatic carbocycles. The zero-order valence-electron chi connectivity index (χ0n) is 10.8. The van der Waals surface area contributed by atoms with Crippen LogP contribution in [-0.2, 0) is 0 Å². The van der Waals surface area contributed by atoms with Gasteiger partial charge in [-0.1, -0.05) is 17.9 Å². The number of amides is 1. The minimum absolute atomic E-state index is 0.156. The molecule has 2 rings (SSSR count). The van der Waals surface area contributed by atoms with Crippen LogP contribution in [0, 0.1) is 11.8 Å². The lowest BCUT2D eigenvalue weighted by Crippen LogP contribution is -2.10. The number of hydrogen-bond donors (Lipinski definition) is 2. The van der Waals surface area contributed by atoms with E-state index >= 15 is 0 Å². The number of thiophene rings is 1. The first-order chi connectivity index (χ1) is 9.72. The minimum atomic E-state index is -0.180. The number of aliphatic hydroxyl groups excluding tert-OH is 1. The van der Waals surface area contributed by atoms with Gasteiger partial charge >= 0.3 is 0 Å². The molecular formula is C15H13NO2S2. The maximum Gasteiger partial charge on any atom is 0.256 e. The van der Waals surface area contributed by atoms with E-state index in [0.29, 0.717) is 5.56 Å². The summed E-state index contributed by atoms with van der Waals surface area (Å²) in [5, 5.41) is 13.3. The molecular weight excluding hydrogens is 290 g/mol. The van der Waals surface area contributed by atoms with Crippen LogP contribution in [0.1, 0.15) is 15.2 Å². The van der Waals surface area contributed by atoms with Gasteiger partial charge in [-0.3, -0.25) is 4.79 Å². The number of benzene rings is 1. The van der Waals surface area contributed by atoms with E-state index in [1.54, 1.807) is 23.2 Å². The lowest BCUT2D eigenvalue weighted by atomic mass is 10.2. The van der Waals surface area contributed by atoms with Crippen molar-refractivity contribution in [2.45, 2.75) is 4.90 Å². The topological polar surface area (TPSA) is 49.3 Å². The lowest BCUT2D eigenvalue weighted by molar-refractivity contribution is 0.102. The van der Waals surface area contributed by atoms with Gasteiger partial charge in [0, 0.05) is 16.0 Å². The average Bonchev–Trinajstić information content (AvgIpc) is 2.94. The Morgan fingerprint density at radius 1 is 1.45 bits per heavy atom. The summed E-state index contributed by atoms with van der Waals surface area (Å²) in [6, 6.07) is 9.42. The first-order valence-electron chi connectivity index (χ1n) is 5.86. The molecule has 0 unspecified atom stereocenters. The van der Waals surface area contributed by atoms with Crippen LogP contribution in [0.25, 0.3) is 0 Å². The fourth-order valence-corrected chi connectivity index (χ4v) is 2.77. The summed E-state index contributed by atoms with van der Waals surface area (Å²) in [6.45, 7) is -0.180. The van der Waals surface area contributed by atoms with Crippen molar-refractivity contribution in [1.82, 2.24) is 0 Å². The largest absolute Gasteiger partial charge is 0.384 e. The SMILES string of the molecule is CSc1cccc(NC(=O)c2csc(C#CCO)c2)c1. The molecule has 0 atom stereocenters. The van der Waals surface area contributed by atoms with Crippen molar-refractivity contribution in [3.63, 3.8) is 0 Å². The van der Waals surface area contributed by atoms with Crippen LogP contribution in [0.15, 0.2) is 40.6 Å². The van der Waals surface area contributed by atoms with E-state index in [9.17, 15) is 4.79 Å². The smallest absolute Gasteiger partial charge is 0.256 e. The maximum atomic E-state index is 12.1. The second kappa shape index (κ2) is 7.15. The van der Waals surface area contributed by atoms with Gasteiger partial charge in [-0.15, -0.1) is 23.1 Å².